The molecule has 0 saturated carbocycles. The van der Waals surface area contributed by atoms with Gasteiger partial charge in [0.25, 0.3) is 0 Å². The fourth-order valence-corrected chi connectivity index (χ4v) is 3.15. The quantitative estimate of drug-likeness (QED) is 0.605. The second-order valence-corrected chi connectivity index (χ2v) is 7.11. The molecule has 3 aromatic rings. The summed E-state index contributed by atoms with van der Waals surface area (Å²) in [5.41, 5.74) is 1.30. The van der Waals surface area contributed by atoms with Crippen LogP contribution < -0.4 is 15.5 Å². The van der Waals surface area contributed by atoms with Crippen LogP contribution in [-0.4, -0.2) is 41.3 Å². The van der Waals surface area contributed by atoms with E-state index >= 15 is 0 Å². The highest BCUT2D eigenvalue weighted by atomic mass is 35.5. The van der Waals surface area contributed by atoms with Gasteiger partial charge in [-0.3, -0.25) is 0 Å². The summed E-state index contributed by atoms with van der Waals surface area (Å²) < 4.78 is 18.8. The van der Waals surface area contributed by atoms with Crippen molar-refractivity contribution >= 4 is 52.4 Å². The first-order valence-electron chi connectivity index (χ1n) is 8.90. The standard InChI is InChI=1S/C19H17Cl2FN6O/c20-12-2-1-3-13(10-12)23-17-25-18(24-14-4-5-16(22)15(21)11-14)27-19(26-17)28-6-8-29-9-7-28/h1-5,10-11H,6-9H2,(H2,23,24,25,26,27). The van der Waals surface area contributed by atoms with Crippen molar-refractivity contribution in [1.82, 2.24) is 15.0 Å². The number of hydrogen-bond donors (Lipinski definition) is 2. The minimum Gasteiger partial charge on any atom is -0.378 e. The molecular weight excluding hydrogens is 418 g/mol. The minimum absolute atomic E-state index is 0.00901. The van der Waals surface area contributed by atoms with Gasteiger partial charge in [-0.15, -0.1) is 0 Å². The fourth-order valence-electron chi connectivity index (χ4n) is 2.78. The summed E-state index contributed by atoms with van der Waals surface area (Å²) in [5, 5.41) is 6.80. The molecule has 2 aromatic carbocycles. The zero-order valence-corrected chi connectivity index (χ0v) is 16.7. The Kier molecular flexibility index (Phi) is 5.94. The maximum atomic E-state index is 13.4. The highest BCUT2D eigenvalue weighted by molar-refractivity contribution is 6.31. The zero-order chi connectivity index (χ0) is 20.2. The predicted octanol–water partition coefficient (Wildman–Crippen LogP) is 4.64. The molecule has 2 heterocycles. The van der Waals surface area contributed by atoms with Gasteiger partial charge in [-0.25, -0.2) is 4.39 Å². The first-order valence-corrected chi connectivity index (χ1v) is 9.66. The predicted molar refractivity (Wildman–Crippen MR) is 112 cm³/mol. The molecular formula is C19H17Cl2FN6O. The van der Waals surface area contributed by atoms with Gasteiger partial charge in [0.2, 0.25) is 17.8 Å². The van der Waals surface area contributed by atoms with E-state index in [4.69, 9.17) is 27.9 Å². The van der Waals surface area contributed by atoms with Gasteiger partial charge in [0.15, 0.2) is 0 Å². The average Bonchev–Trinajstić information content (AvgIpc) is 2.71. The van der Waals surface area contributed by atoms with E-state index in [1.165, 1.54) is 12.1 Å². The van der Waals surface area contributed by atoms with Crippen molar-refractivity contribution in [2.24, 2.45) is 0 Å². The van der Waals surface area contributed by atoms with Crippen molar-refractivity contribution in [3.05, 3.63) is 58.3 Å². The molecule has 1 aliphatic heterocycles. The first-order chi connectivity index (χ1) is 14.1. The third-order valence-corrected chi connectivity index (χ3v) is 4.70. The summed E-state index contributed by atoms with van der Waals surface area (Å²) >= 11 is 11.9. The molecule has 2 N–H and O–H groups in total. The number of ether oxygens (including phenoxy) is 1. The average molecular weight is 435 g/mol. The molecule has 10 heteroatoms. The van der Waals surface area contributed by atoms with Gasteiger partial charge in [0.1, 0.15) is 5.82 Å². The van der Waals surface area contributed by atoms with Crippen molar-refractivity contribution in [2.75, 3.05) is 41.8 Å². The molecule has 29 heavy (non-hydrogen) atoms. The Morgan fingerprint density at radius 1 is 0.897 bits per heavy atom. The molecule has 0 aliphatic carbocycles. The Morgan fingerprint density at radius 3 is 2.24 bits per heavy atom. The van der Waals surface area contributed by atoms with Gasteiger partial charge in [-0.05, 0) is 36.4 Å². The summed E-state index contributed by atoms with van der Waals surface area (Å²) in [6, 6.07) is 11.5. The third-order valence-electron chi connectivity index (χ3n) is 4.17. The molecule has 0 amide bonds. The van der Waals surface area contributed by atoms with Crippen LogP contribution in [0.2, 0.25) is 10.0 Å². The lowest BCUT2D eigenvalue weighted by molar-refractivity contribution is 0.122. The van der Waals surface area contributed by atoms with E-state index in [0.29, 0.717) is 54.9 Å². The smallest absolute Gasteiger partial charge is 0.233 e. The highest BCUT2D eigenvalue weighted by Crippen LogP contribution is 2.24. The van der Waals surface area contributed by atoms with Gasteiger partial charge in [-0.2, -0.15) is 15.0 Å². The van der Waals surface area contributed by atoms with Crippen LogP contribution in [0.5, 0.6) is 0 Å². The van der Waals surface area contributed by atoms with Crippen molar-refractivity contribution in [3.63, 3.8) is 0 Å². The van der Waals surface area contributed by atoms with Crippen LogP contribution in [0, 0.1) is 5.82 Å². The third kappa shape index (κ3) is 5.03. The number of halogens is 3. The summed E-state index contributed by atoms with van der Waals surface area (Å²) in [4.78, 5) is 15.5. The molecule has 7 nitrogen and oxygen atoms in total. The van der Waals surface area contributed by atoms with E-state index in [0.717, 1.165) is 5.69 Å². The van der Waals surface area contributed by atoms with Crippen molar-refractivity contribution in [3.8, 4) is 0 Å². The Morgan fingerprint density at radius 2 is 1.59 bits per heavy atom. The summed E-state index contributed by atoms with van der Waals surface area (Å²) in [5.74, 6) is 0.655. The van der Waals surface area contributed by atoms with Crippen LogP contribution in [-0.2, 0) is 4.74 Å². The lowest BCUT2D eigenvalue weighted by Crippen LogP contribution is -2.37. The maximum Gasteiger partial charge on any atom is 0.233 e. The number of rotatable bonds is 5. The van der Waals surface area contributed by atoms with Crippen LogP contribution in [0.3, 0.4) is 0 Å². The van der Waals surface area contributed by atoms with Crippen LogP contribution >= 0.6 is 23.2 Å². The van der Waals surface area contributed by atoms with Crippen LogP contribution in [0.1, 0.15) is 0 Å². The Bertz CT molecular complexity index is 1020. The van der Waals surface area contributed by atoms with Gasteiger partial charge in [-0.1, -0.05) is 29.3 Å². The van der Waals surface area contributed by atoms with E-state index in [9.17, 15) is 4.39 Å². The van der Waals surface area contributed by atoms with E-state index < -0.39 is 5.82 Å². The van der Waals surface area contributed by atoms with Gasteiger partial charge < -0.3 is 20.3 Å². The van der Waals surface area contributed by atoms with E-state index in [-0.39, 0.29) is 5.02 Å². The normalized spacial score (nSPS) is 14.0. The maximum absolute atomic E-state index is 13.4. The number of aromatic nitrogens is 3. The summed E-state index contributed by atoms with van der Waals surface area (Å²) in [7, 11) is 0. The molecule has 0 unspecified atom stereocenters. The molecule has 0 bridgehead atoms. The second-order valence-electron chi connectivity index (χ2n) is 6.27. The number of nitrogens with one attached hydrogen (secondary N) is 2. The van der Waals surface area contributed by atoms with E-state index in [2.05, 4.69) is 25.6 Å². The molecule has 1 saturated heterocycles. The lowest BCUT2D eigenvalue weighted by atomic mass is 10.3. The fraction of sp³-hybridized carbons (Fsp3) is 0.211. The first kappa shape index (κ1) is 19.6. The number of hydrogen-bond acceptors (Lipinski definition) is 7. The van der Waals surface area contributed by atoms with Crippen molar-refractivity contribution in [2.45, 2.75) is 0 Å². The molecule has 150 valence electrons. The van der Waals surface area contributed by atoms with Crippen LogP contribution in [0.15, 0.2) is 42.5 Å². The highest BCUT2D eigenvalue weighted by Gasteiger charge is 2.17. The Hall–Kier alpha value is -2.68. The Labute approximate surface area is 176 Å². The van der Waals surface area contributed by atoms with Crippen LogP contribution in [0.25, 0.3) is 0 Å². The molecule has 1 fully saturated rings. The van der Waals surface area contributed by atoms with Gasteiger partial charge in [0, 0.05) is 29.5 Å². The summed E-state index contributed by atoms with van der Waals surface area (Å²) in [6.07, 6.45) is 0. The van der Waals surface area contributed by atoms with Crippen molar-refractivity contribution < 1.29 is 9.13 Å². The SMILES string of the molecule is Fc1ccc(Nc2nc(Nc3cccc(Cl)c3)nc(N3CCOCC3)n2)cc1Cl. The van der Waals surface area contributed by atoms with Crippen LogP contribution in [0.4, 0.5) is 33.6 Å². The summed E-state index contributed by atoms with van der Waals surface area (Å²) in [6.45, 7) is 2.53. The molecule has 4 rings (SSSR count). The lowest BCUT2D eigenvalue weighted by Gasteiger charge is -2.27. The second kappa shape index (κ2) is 8.77. The van der Waals surface area contributed by atoms with E-state index in [1.54, 1.807) is 18.2 Å². The number of morpholine rings is 1. The van der Waals surface area contributed by atoms with Gasteiger partial charge in [0.05, 0.1) is 18.2 Å². The molecule has 0 atom stereocenters. The number of nitrogens with zero attached hydrogens (tertiary/aromatic N) is 4. The number of anilines is 5. The molecule has 1 aliphatic rings. The number of benzene rings is 2. The van der Waals surface area contributed by atoms with E-state index in [1.807, 2.05) is 17.0 Å². The molecule has 1 aromatic heterocycles. The minimum atomic E-state index is -0.495. The molecule has 0 spiro atoms. The Balaban J connectivity index is 1.65. The van der Waals surface area contributed by atoms with Gasteiger partial charge >= 0.3 is 0 Å². The monoisotopic (exact) mass is 434 g/mol. The largest absolute Gasteiger partial charge is 0.378 e. The van der Waals surface area contributed by atoms with Crippen molar-refractivity contribution in [1.29, 1.82) is 0 Å². The topological polar surface area (TPSA) is 75.2 Å². The zero-order valence-electron chi connectivity index (χ0n) is 15.2. The molecule has 0 radical (unpaired) electrons.